The Balaban J connectivity index is 2.32. The van der Waals surface area contributed by atoms with Crippen molar-refractivity contribution in [1.29, 1.82) is 0 Å². The van der Waals surface area contributed by atoms with Crippen LogP contribution < -0.4 is 9.47 Å². The zero-order valence-corrected chi connectivity index (χ0v) is 12.7. The summed E-state index contributed by atoms with van der Waals surface area (Å²) in [5.74, 6) is 2.19. The second-order valence-corrected chi connectivity index (χ2v) is 5.74. The largest absolute Gasteiger partial charge is 0.493 e. The molecule has 0 saturated heterocycles. The molecule has 0 bridgehead atoms. The lowest BCUT2D eigenvalue weighted by molar-refractivity contribution is 0.353. The van der Waals surface area contributed by atoms with Gasteiger partial charge in [0, 0.05) is 18.0 Å². The van der Waals surface area contributed by atoms with Crippen LogP contribution in [0.1, 0.15) is 11.4 Å². The molecular weight excluding hydrogens is 278 g/mol. The first-order chi connectivity index (χ1) is 9.56. The van der Waals surface area contributed by atoms with E-state index < -0.39 is 10.8 Å². The van der Waals surface area contributed by atoms with Crippen LogP contribution in [0, 0.1) is 6.92 Å². The Morgan fingerprint density at radius 3 is 2.45 bits per heavy atom. The predicted molar refractivity (Wildman–Crippen MR) is 75.4 cm³/mol. The van der Waals surface area contributed by atoms with Gasteiger partial charge in [0.15, 0.2) is 11.5 Å². The fraction of sp³-hybridized carbons (Fsp3) is 0.385. The van der Waals surface area contributed by atoms with Gasteiger partial charge in [-0.1, -0.05) is 0 Å². The van der Waals surface area contributed by atoms with Gasteiger partial charge in [-0.3, -0.25) is 4.21 Å². The molecule has 0 radical (unpaired) electrons. The zero-order valence-electron chi connectivity index (χ0n) is 11.9. The van der Waals surface area contributed by atoms with Crippen molar-refractivity contribution in [2.24, 2.45) is 7.05 Å². The molecule has 0 amide bonds. The zero-order chi connectivity index (χ0) is 14.7. The lowest BCUT2D eigenvalue weighted by Gasteiger charge is -2.12. The highest BCUT2D eigenvalue weighted by atomic mass is 32.2. The average Bonchev–Trinajstić information content (AvgIpc) is 2.83. The molecule has 0 aliphatic rings. The lowest BCUT2D eigenvalue weighted by atomic mass is 10.2. The minimum absolute atomic E-state index is 0.312. The van der Waals surface area contributed by atoms with Gasteiger partial charge in [0.25, 0.3) is 0 Å². The lowest BCUT2D eigenvalue weighted by Crippen LogP contribution is -2.05. The Morgan fingerprint density at radius 2 is 1.90 bits per heavy atom. The van der Waals surface area contributed by atoms with E-state index in [1.165, 1.54) is 0 Å². The molecule has 7 heteroatoms. The summed E-state index contributed by atoms with van der Waals surface area (Å²) in [6.07, 6.45) is 1.59. The van der Waals surface area contributed by atoms with E-state index >= 15 is 0 Å². The summed E-state index contributed by atoms with van der Waals surface area (Å²) < 4.78 is 24.7. The third kappa shape index (κ3) is 2.82. The fourth-order valence-electron chi connectivity index (χ4n) is 1.84. The summed E-state index contributed by atoms with van der Waals surface area (Å²) in [4.78, 5) is 0.714. The third-order valence-corrected chi connectivity index (χ3v) is 4.44. The molecule has 20 heavy (non-hydrogen) atoms. The van der Waals surface area contributed by atoms with E-state index in [-0.39, 0.29) is 0 Å². The number of methoxy groups -OCH3 is 2. The van der Waals surface area contributed by atoms with Gasteiger partial charge < -0.3 is 14.0 Å². The Morgan fingerprint density at radius 1 is 1.25 bits per heavy atom. The first kappa shape index (κ1) is 14.5. The molecule has 1 heterocycles. The molecule has 0 N–H and O–H groups in total. The van der Waals surface area contributed by atoms with E-state index in [0.717, 1.165) is 5.56 Å². The summed E-state index contributed by atoms with van der Waals surface area (Å²) in [5.41, 5.74) is 0.892. The van der Waals surface area contributed by atoms with Crippen LogP contribution in [0.2, 0.25) is 0 Å². The van der Waals surface area contributed by atoms with Crippen LogP contribution >= 0.6 is 0 Å². The van der Waals surface area contributed by atoms with Crippen molar-refractivity contribution in [2.45, 2.75) is 17.6 Å². The molecule has 0 saturated carbocycles. The van der Waals surface area contributed by atoms with E-state index in [0.29, 0.717) is 28.0 Å². The number of aryl methyl sites for hydroxylation is 2. The quantitative estimate of drug-likeness (QED) is 0.835. The molecule has 0 spiro atoms. The number of benzene rings is 1. The Hall–Kier alpha value is -1.89. The molecule has 2 rings (SSSR count). The minimum Gasteiger partial charge on any atom is -0.493 e. The maximum absolute atomic E-state index is 12.5. The molecule has 6 nitrogen and oxygen atoms in total. The highest BCUT2D eigenvalue weighted by molar-refractivity contribution is 7.84. The standard InChI is InChI=1S/C13H17N3O3S/c1-9-5-10(18-3)11(19-4)6-12(9)20(17)7-13-15-14-8-16(13)2/h5-6,8H,7H2,1-4H3/t20-/m1/s1. The predicted octanol–water partition coefficient (Wildman–Crippen LogP) is 1.45. The van der Waals surface area contributed by atoms with Crippen molar-refractivity contribution in [3.63, 3.8) is 0 Å². The number of nitrogens with zero attached hydrogens (tertiary/aromatic N) is 3. The molecular formula is C13H17N3O3S. The normalized spacial score (nSPS) is 12.2. The van der Waals surface area contributed by atoms with Crippen molar-refractivity contribution >= 4 is 10.8 Å². The summed E-state index contributed by atoms with van der Waals surface area (Å²) in [6, 6.07) is 3.57. The van der Waals surface area contributed by atoms with Crippen LogP contribution in [0.4, 0.5) is 0 Å². The van der Waals surface area contributed by atoms with Crippen LogP contribution in [-0.4, -0.2) is 33.2 Å². The smallest absolute Gasteiger partial charge is 0.161 e. The van der Waals surface area contributed by atoms with Crippen LogP contribution in [0.25, 0.3) is 0 Å². The summed E-state index contributed by atoms with van der Waals surface area (Å²) in [5, 5.41) is 7.74. The molecule has 0 aliphatic carbocycles. The van der Waals surface area contributed by atoms with Crippen LogP contribution in [-0.2, 0) is 23.6 Å². The third-order valence-electron chi connectivity index (χ3n) is 2.99. The molecule has 0 aliphatic heterocycles. The van der Waals surface area contributed by atoms with Gasteiger partial charge in [0.05, 0.1) is 30.8 Å². The van der Waals surface area contributed by atoms with Gasteiger partial charge >= 0.3 is 0 Å². The highest BCUT2D eigenvalue weighted by Crippen LogP contribution is 2.32. The van der Waals surface area contributed by atoms with E-state index in [2.05, 4.69) is 10.2 Å². The minimum atomic E-state index is -1.22. The molecule has 108 valence electrons. The first-order valence-electron chi connectivity index (χ1n) is 6.00. The van der Waals surface area contributed by atoms with Gasteiger partial charge in [-0.05, 0) is 18.6 Å². The second-order valence-electron chi connectivity index (χ2n) is 4.32. The van der Waals surface area contributed by atoms with E-state index in [9.17, 15) is 4.21 Å². The van der Waals surface area contributed by atoms with Gasteiger partial charge in [-0.15, -0.1) is 10.2 Å². The molecule has 0 fully saturated rings. The van der Waals surface area contributed by atoms with Gasteiger partial charge in [0.2, 0.25) is 0 Å². The number of hydrogen-bond donors (Lipinski definition) is 0. The van der Waals surface area contributed by atoms with Crippen LogP contribution in [0.3, 0.4) is 0 Å². The average molecular weight is 295 g/mol. The van der Waals surface area contributed by atoms with Gasteiger partial charge in [0.1, 0.15) is 12.2 Å². The topological polar surface area (TPSA) is 66.2 Å². The maximum atomic E-state index is 12.5. The molecule has 1 atom stereocenters. The SMILES string of the molecule is COc1cc(C)c([S@](=O)Cc2nncn2C)cc1OC. The monoisotopic (exact) mass is 295 g/mol. The second kappa shape index (κ2) is 6.04. The van der Waals surface area contributed by atoms with Crippen molar-refractivity contribution in [1.82, 2.24) is 14.8 Å². The first-order valence-corrected chi connectivity index (χ1v) is 7.32. The number of aromatic nitrogens is 3. The maximum Gasteiger partial charge on any atom is 0.161 e. The van der Waals surface area contributed by atoms with E-state index in [1.807, 2.05) is 20.0 Å². The van der Waals surface area contributed by atoms with Crippen molar-refractivity contribution in [3.8, 4) is 11.5 Å². The number of rotatable bonds is 5. The number of hydrogen-bond acceptors (Lipinski definition) is 5. The van der Waals surface area contributed by atoms with Gasteiger partial charge in [-0.2, -0.15) is 0 Å². The van der Waals surface area contributed by atoms with E-state index in [1.54, 1.807) is 31.2 Å². The van der Waals surface area contributed by atoms with Crippen LogP contribution in [0.5, 0.6) is 11.5 Å². The Labute approximate surface area is 120 Å². The van der Waals surface area contributed by atoms with Crippen LogP contribution in [0.15, 0.2) is 23.4 Å². The highest BCUT2D eigenvalue weighted by Gasteiger charge is 2.15. The molecule has 1 aromatic heterocycles. The molecule has 2 aromatic rings. The fourth-order valence-corrected chi connectivity index (χ4v) is 3.15. The number of ether oxygens (including phenoxy) is 2. The summed E-state index contributed by atoms with van der Waals surface area (Å²) >= 11 is 0. The summed E-state index contributed by atoms with van der Waals surface area (Å²) in [6.45, 7) is 1.89. The molecule has 1 aromatic carbocycles. The van der Waals surface area contributed by atoms with Crippen molar-refractivity contribution in [2.75, 3.05) is 14.2 Å². The molecule has 0 unspecified atom stereocenters. The van der Waals surface area contributed by atoms with E-state index in [4.69, 9.17) is 9.47 Å². The Bertz CT molecular complexity index is 640. The van der Waals surface area contributed by atoms with Crippen molar-refractivity contribution < 1.29 is 13.7 Å². The summed E-state index contributed by atoms with van der Waals surface area (Å²) in [7, 11) is 3.75. The van der Waals surface area contributed by atoms with Gasteiger partial charge in [-0.25, -0.2) is 0 Å². The van der Waals surface area contributed by atoms with Crippen molar-refractivity contribution in [3.05, 3.63) is 29.8 Å². The Kier molecular flexibility index (Phi) is 4.39.